The number of aliphatic hydroxyl groups is 1. The molecule has 242 valence electrons. The molecule has 0 fully saturated rings. The van der Waals surface area contributed by atoms with Crippen LogP contribution in [-0.2, 0) is 19.5 Å². The monoisotopic (exact) mass is 649 g/mol. The zero-order chi connectivity index (χ0) is 33.2. The van der Waals surface area contributed by atoms with E-state index in [1.807, 2.05) is 79.0 Å². The Morgan fingerprint density at radius 3 is 2.47 bits per heavy atom. The Balaban J connectivity index is 1.37. The molecule has 0 aliphatic rings. The van der Waals surface area contributed by atoms with Crippen molar-refractivity contribution in [3.63, 3.8) is 0 Å². The molecule has 9 nitrogen and oxygen atoms in total. The Hall–Kier alpha value is -4.90. The van der Waals surface area contributed by atoms with Crippen molar-refractivity contribution >= 4 is 23.2 Å². The number of benzene rings is 3. The van der Waals surface area contributed by atoms with Crippen LogP contribution in [0.4, 0.5) is 0 Å². The van der Waals surface area contributed by atoms with Gasteiger partial charge in [-0.25, -0.2) is 4.98 Å². The first-order valence-electron chi connectivity index (χ1n) is 15.4. The zero-order valence-electron chi connectivity index (χ0n) is 26.7. The van der Waals surface area contributed by atoms with E-state index in [-0.39, 0.29) is 12.5 Å². The summed E-state index contributed by atoms with van der Waals surface area (Å²) in [6, 6.07) is 25.7. The summed E-state index contributed by atoms with van der Waals surface area (Å²) < 4.78 is 5.32. The standard InChI is InChI=1S/C37H39N5O4S/c1-25-24-47-35(40-25)23-42(2)37(45)31-18-29(28-12-8-14-38-21-28)17-30(19-31)36(44)41-33(16-26-9-5-4-6-10-26)34(43)22-39-20-27-11-7-13-32(15-27)46-3/h4-15,17-19,21,24,33-34,39,43H,16,20,22-23H2,1-3H3,(H,41,44)/t33-,34+/m0/s1. The van der Waals surface area contributed by atoms with E-state index in [2.05, 4.69) is 20.6 Å². The van der Waals surface area contributed by atoms with Crippen molar-refractivity contribution in [1.82, 2.24) is 25.5 Å². The lowest BCUT2D eigenvalue weighted by molar-refractivity contribution is 0.0784. The van der Waals surface area contributed by atoms with Crippen LogP contribution in [0.15, 0.2) is 103 Å². The first-order chi connectivity index (χ1) is 22.8. The molecule has 0 aliphatic carbocycles. The third-order valence-corrected chi connectivity index (χ3v) is 8.67. The number of carbonyl (C=O) groups excluding carboxylic acids is 2. The molecule has 0 saturated carbocycles. The molecule has 0 unspecified atom stereocenters. The van der Waals surface area contributed by atoms with Gasteiger partial charge in [-0.1, -0.05) is 48.5 Å². The summed E-state index contributed by atoms with van der Waals surface area (Å²) in [7, 11) is 3.35. The number of aryl methyl sites for hydroxylation is 1. The summed E-state index contributed by atoms with van der Waals surface area (Å²) in [6.07, 6.45) is 2.88. The molecule has 2 amide bonds. The fourth-order valence-corrected chi connectivity index (χ4v) is 6.07. The average molecular weight is 650 g/mol. The van der Waals surface area contributed by atoms with Crippen molar-refractivity contribution in [2.24, 2.45) is 0 Å². The molecule has 0 saturated heterocycles. The van der Waals surface area contributed by atoms with Gasteiger partial charge in [-0.15, -0.1) is 11.3 Å². The summed E-state index contributed by atoms with van der Waals surface area (Å²) in [6.45, 7) is 3.04. The Kier molecular flexibility index (Phi) is 11.5. The van der Waals surface area contributed by atoms with Gasteiger partial charge >= 0.3 is 0 Å². The average Bonchev–Trinajstić information content (AvgIpc) is 3.52. The number of hydrogen-bond donors (Lipinski definition) is 3. The number of carbonyl (C=O) groups is 2. The molecule has 5 rings (SSSR count). The molecule has 10 heteroatoms. The number of ether oxygens (including phenoxy) is 1. The number of methoxy groups -OCH3 is 1. The minimum absolute atomic E-state index is 0.236. The highest BCUT2D eigenvalue weighted by Gasteiger charge is 2.24. The summed E-state index contributed by atoms with van der Waals surface area (Å²) in [5.74, 6) is 0.130. The topological polar surface area (TPSA) is 117 Å². The van der Waals surface area contributed by atoms with E-state index >= 15 is 0 Å². The maximum atomic E-state index is 13.9. The second-order valence-corrected chi connectivity index (χ2v) is 12.3. The quantitative estimate of drug-likeness (QED) is 0.150. The van der Waals surface area contributed by atoms with Gasteiger partial charge in [-0.3, -0.25) is 14.6 Å². The fourth-order valence-electron chi connectivity index (χ4n) is 5.24. The van der Waals surface area contributed by atoms with Crippen LogP contribution in [0.3, 0.4) is 0 Å². The first kappa shape index (κ1) is 33.5. The predicted molar refractivity (Wildman–Crippen MR) is 184 cm³/mol. The van der Waals surface area contributed by atoms with Gasteiger partial charge in [0.05, 0.1) is 25.8 Å². The van der Waals surface area contributed by atoms with Gasteiger partial charge in [0.1, 0.15) is 10.8 Å². The summed E-state index contributed by atoms with van der Waals surface area (Å²) in [4.78, 5) is 37.9. The van der Waals surface area contributed by atoms with Crippen molar-refractivity contribution in [3.05, 3.63) is 136 Å². The van der Waals surface area contributed by atoms with E-state index in [0.717, 1.165) is 33.1 Å². The lowest BCUT2D eigenvalue weighted by Crippen LogP contribution is -2.48. The van der Waals surface area contributed by atoms with Crippen molar-refractivity contribution in [2.75, 3.05) is 20.7 Å². The Morgan fingerprint density at radius 1 is 0.957 bits per heavy atom. The fraction of sp³-hybridized carbons (Fsp3) is 0.243. The highest BCUT2D eigenvalue weighted by atomic mass is 32.1. The van der Waals surface area contributed by atoms with Crippen LogP contribution in [0.1, 0.15) is 42.5 Å². The lowest BCUT2D eigenvalue weighted by atomic mass is 9.98. The highest BCUT2D eigenvalue weighted by Crippen LogP contribution is 2.24. The van der Waals surface area contributed by atoms with Crippen molar-refractivity contribution in [1.29, 1.82) is 0 Å². The molecule has 2 atom stereocenters. The second kappa shape index (κ2) is 16.1. The number of nitrogens with zero attached hydrogens (tertiary/aromatic N) is 3. The molecule has 3 aromatic carbocycles. The highest BCUT2D eigenvalue weighted by molar-refractivity contribution is 7.09. The maximum Gasteiger partial charge on any atom is 0.254 e. The van der Waals surface area contributed by atoms with E-state index in [1.165, 1.54) is 11.3 Å². The normalized spacial score (nSPS) is 12.3. The summed E-state index contributed by atoms with van der Waals surface area (Å²) >= 11 is 1.50. The van der Waals surface area contributed by atoms with Gasteiger partial charge in [0.2, 0.25) is 0 Å². The van der Waals surface area contributed by atoms with Gasteiger partial charge in [0, 0.05) is 60.3 Å². The Morgan fingerprint density at radius 2 is 1.74 bits per heavy atom. The van der Waals surface area contributed by atoms with Crippen LogP contribution in [0.25, 0.3) is 11.1 Å². The van der Waals surface area contributed by atoms with E-state index in [9.17, 15) is 14.7 Å². The molecule has 5 aromatic rings. The molecule has 0 spiro atoms. The summed E-state index contributed by atoms with van der Waals surface area (Å²) in [5.41, 5.74) is 5.04. The number of rotatable bonds is 14. The van der Waals surface area contributed by atoms with E-state index < -0.39 is 18.1 Å². The van der Waals surface area contributed by atoms with Gasteiger partial charge in [-0.2, -0.15) is 0 Å². The molecule has 47 heavy (non-hydrogen) atoms. The van der Waals surface area contributed by atoms with Crippen molar-refractivity contribution in [3.8, 4) is 16.9 Å². The zero-order valence-corrected chi connectivity index (χ0v) is 27.5. The Bertz CT molecular complexity index is 1780. The van der Waals surface area contributed by atoms with Crippen LogP contribution in [0, 0.1) is 6.92 Å². The number of amides is 2. The van der Waals surface area contributed by atoms with Gasteiger partial charge < -0.3 is 25.4 Å². The van der Waals surface area contributed by atoms with Gasteiger partial charge in [0.15, 0.2) is 0 Å². The van der Waals surface area contributed by atoms with Crippen LogP contribution in [0.2, 0.25) is 0 Å². The SMILES string of the molecule is COc1cccc(CNC[C@@H](O)[C@H](Cc2ccccc2)NC(=O)c2cc(C(=O)N(C)Cc3nc(C)cs3)cc(-c3cccnc3)c2)c1. The summed E-state index contributed by atoms with van der Waals surface area (Å²) in [5, 5.41) is 20.5. The lowest BCUT2D eigenvalue weighted by Gasteiger charge is -2.25. The van der Waals surface area contributed by atoms with Crippen LogP contribution in [-0.4, -0.2) is 64.6 Å². The van der Waals surface area contributed by atoms with Crippen molar-refractivity contribution < 1.29 is 19.4 Å². The number of hydrogen-bond acceptors (Lipinski definition) is 8. The number of aliphatic hydroxyl groups excluding tert-OH is 1. The molecule has 2 aromatic heterocycles. The van der Waals surface area contributed by atoms with E-state index in [1.54, 1.807) is 49.7 Å². The first-order valence-corrected chi connectivity index (χ1v) is 16.3. The third kappa shape index (κ3) is 9.32. The molecular formula is C37H39N5O4S. The smallest absolute Gasteiger partial charge is 0.254 e. The largest absolute Gasteiger partial charge is 0.497 e. The number of thiazole rings is 1. The molecular weight excluding hydrogens is 611 g/mol. The Labute approximate surface area is 279 Å². The van der Waals surface area contributed by atoms with E-state index in [0.29, 0.717) is 36.2 Å². The molecule has 3 N–H and O–H groups in total. The molecule has 0 aliphatic heterocycles. The van der Waals surface area contributed by atoms with E-state index in [4.69, 9.17) is 4.74 Å². The van der Waals surface area contributed by atoms with Crippen LogP contribution >= 0.6 is 11.3 Å². The van der Waals surface area contributed by atoms with Crippen LogP contribution in [0.5, 0.6) is 5.75 Å². The maximum absolute atomic E-state index is 13.9. The minimum atomic E-state index is -0.903. The second-order valence-electron chi connectivity index (χ2n) is 11.4. The number of aromatic nitrogens is 2. The number of pyridine rings is 1. The molecule has 2 heterocycles. The number of nitrogens with one attached hydrogen (secondary N) is 2. The predicted octanol–water partition coefficient (Wildman–Crippen LogP) is 5.29. The van der Waals surface area contributed by atoms with Gasteiger partial charge in [0.25, 0.3) is 11.8 Å². The third-order valence-electron chi connectivity index (χ3n) is 7.72. The van der Waals surface area contributed by atoms with Crippen LogP contribution < -0.4 is 15.4 Å². The molecule has 0 radical (unpaired) electrons. The minimum Gasteiger partial charge on any atom is -0.497 e. The molecule has 0 bridgehead atoms. The van der Waals surface area contributed by atoms with Crippen molar-refractivity contribution in [2.45, 2.75) is 38.6 Å². The van der Waals surface area contributed by atoms with Gasteiger partial charge in [-0.05, 0) is 66.4 Å².